The summed E-state index contributed by atoms with van der Waals surface area (Å²) in [7, 11) is 4.76. The first-order valence-corrected chi connectivity index (χ1v) is 9.76. The summed E-state index contributed by atoms with van der Waals surface area (Å²) in [6.45, 7) is 2.07. The number of aromatic amines is 1. The second-order valence-corrected chi connectivity index (χ2v) is 7.22. The van der Waals surface area contributed by atoms with Gasteiger partial charge in [0.15, 0.2) is 17.1 Å². The molecule has 0 atom stereocenters. The summed E-state index contributed by atoms with van der Waals surface area (Å²) >= 11 is 0. The minimum absolute atomic E-state index is 0.535. The van der Waals surface area contributed by atoms with Crippen LogP contribution in [0, 0.1) is 6.92 Å². The van der Waals surface area contributed by atoms with Crippen molar-refractivity contribution in [3.8, 4) is 39.7 Å². The standard InChI is InChI=1S/C24H21N3O4/c1-13-7-18-15(12-26-27-18)8-17(13)16-5-6-25-19-11-20(31-23(16)19)14-9-21(28-2)24(30-4)22(10-14)29-3/h5-12H,1-4H3,(H,26,27). The van der Waals surface area contributed by atoms with E-state index in [4.69, 9.17) is 18.6 Å². The molecule has 0 aliphatic carbocycles. The number of methoxy groups -OCH3 is 3. The number of H-pyrrole nitrogens is 1. The molecule has 5 aromatic rings. The summed E-state index contributed by atoms with van der Waals surface area (Å²) in [6.07, 6.45) is 3.62. The lowest BCUT2D eigenvalue weighted by molar-refractivity contribution is 0.324. The Morgan fingerprint density at radius 3 is 2.39 bits per heavy atom. The summed E-state index contributed by atoms with van der Waals surface area (Å²) < 4.78 is 22.7. The predicted octanol–water partition coefficient (Wildman–Crippen LogP) is 5.37. The number of pyridine rings is 1. The number of nitrogens with zero attached hydrogens (tertiary/aromatic N) is 2. The molecule has 0 aliphatic heterocycles. The largest absolute Gasteiger partial charge is 0.493 e. The van der Waals surface area contributed by atoms with Crippen molar-refractivity contribution in [2.75, 3.05) is 21.3 Å². The number of rotatable bonds is 5. The van der Waals surface area contributed by atoms with Gasteiger partial charge in [-0.25, -0.2) is 0 Å². The van der Waals surface area contributed by atoms with E-state index in [1.165, 1.54) is 0 Å². The Kier molecular flexibility index (Phi) is 4.51. The molecule has 0 unspecified atom stereocenters. The van der Waals surface area contributed by atoms with E-state index in [9.17, 15) is 0 Å². The molecule has 0 fully saturated rings. The molecule has 7 nitrogen and oxygen atoms in total. The molecule has 0 bridgehead atoms. The van der Waals surface area contributed by atoms with Crippen LogP contribution in [-0.2, 0) is 0 Å². The van der Waals surface area contributed by atoms with Crippen molar-refractivity contribution in [1.82, 2.24) is 15.2 Å². The number of hydrogen-bond donors (Lipinski definition) is 1. The maximum absolute atomic E-state index is 6.32. The van der Waals surface area contributed by atoms with Crippen LogP contribution in [0.5, 0.6) is 17.2 Å². The number of furan rings is 1. The second-order valence-electron chi connectivity index (χ2n) is 7.22. The van der Waals surface area contributed by atoms with E-state index >= 15 is 0 Å². The van der Waals surface area contributed by atoms with Crippen molar-refractivity contribution in [1.29, 1.82) is 0 Å². The predicted molar refractivity (Wildman–Crippen MR) is 119 cm³/mol. The molecule has 156 valence electrons. The van der Waals surface area contributed by atoms with Crippen LogP contribution in [0.4, 0.5) is 0 Å². The van der Waals surface area contributed by atoms with Crippen molar-refractivity contribution >= 4 is 22.0 Å². The Hall–Kier alpha value is -4.00. The molecule has 3 aromatic heterocycles. The van der Waals surface area contributed by atoms with Gasteiger partial charge in [0.25, 0.3) is 0 Å². The Balaban J connectivity index is 1.69. The fourth-order valence-electron chi connectivity index (χ4n) is 3.91. The lowest BCUT2D eigenvalue weighted by Gasteiger charge is -2.13. The normalized spacial score (nSPS) is 11.2. The van der Waals surface area contributed by atoms with Crippen LogP contribution < -0.4 is 14.2 Å². The van der Waals surface area contributed by atoms with Gasteiger partial charge >= 0.3 is 0 Å². The number of hydrogen-bond acceptors (Lipinski definition) is 6. The van der Waals surface area contributed by atoms with Crippen LogP contribution >= 0.6 is 0 Å². The first kappa shape index (κ1) is 19.0. The molecule has 0 aliphatic rings. The van der Waals surface area contributed by atoms with Gasteiger partial charge in [0.2, 0.25) is 5.75 Å². The zero-order valence-corrected chi connectivity index (χ0v) is 17.6. The minimum Gasteiger partial charge on any atom is -0.493 e. The molecule has 3 heterocycles. The molecule has 0 amide bonds. The van der Waals surface area contributed by atoms with Crippen LogP contribution in [0.3, 0.4) is 0 Å². The van der Waals surface area contributed by atoms with Crippen molar-refractivity contribution in [3.05, 3.63) is 54.4 Å². The van der Waals surface area contributed by atoms with Crippen LogP contribution in [0.2, 0.25) is 0 Å². The van der Waals surface area contributed by atoms with Crippen molar-refractivity contribution < 1.29 is 18.6 Å². The SMILES string of the molecule is COc1cc(-c2cc3nccc(-c4cc5cn[nH]c5cc4C)c3o2)cc(OC)c1OC. The fourth-order valence-corrected chi connectivity index (χ4v) is 3.91. The molecule has 0 spiro atoms. The lowest BCUT2D eigenvalue weighted by atomic mass is 9.99. The van der Waals surface area contributed by atoms with E-state index in [0.717, 1.165) is 44.3 Å². The van der Waals surface area contributed by atoms with Crippen LogP contribution in [-0.4, -0.2) is 36.5 Å². The fraction of sp³-hybridized carbons (Fsp3) is 0.167. The molecule has 5 rings (SSSR count). The molecule has 1 N–H and O–H groups in total. The van der Waals surface area contributed by atoms with Gasteiger partial charge in [-0.3, -0.25) is 10.1 Å². The first-order valence-electron chi connectivity index (χ1n) is 9.76. The van der Waals surface area contributed by atoms with Gasteiger partial charge in [0.05, 0.1) is 33.0 Å². The third kappa shape index (κ3) is 3.06. The number of benzene rings is 2. The zero-order chi connectivity index (χ0) is 21.5. The summed E-state index contributed by atoms with van der Waals surface area (Å²) in [5.41, 5.74) is 6.47. The molecule has 7 heteroatoms. The summed E-state index contributed by atoms with van der Waals surface area (Å²) in [5, 5.41) is 8.19. The average molecular weight is 415 g/mol. The zero-order valence-electron chi connectivity index (χ0n) is 17.6. The smallest absolute Gasteiger partial charge is 0.203 e. The maximum atomic E-state index is 6.32. The van der Waals surface area contributed by atoms with Crippen molar-refractivity contribution in [3.63, 3.8) is 0 Å². The Morgan fingerprint density at radius 1 is 0.903 bits per heavy atom. The molecule has 0 radical (unpaired) electrons. The third-order valence-corrected chi connectivity index (χ3v) is 5.44. The lowest BCUT2D eigenvalue weighted by Crippen LogP contribution is -1.95. The number of nitrogens with one attached hydrogen (secondary N) is 1. The van der Waals surface area contributed by atoms with Crippen LogP contribution in [0.25, 0.3) is 44.5 Å². The quantitative estimate of drug-likeness (QED) is 0.415. The highest BCUT2D eigenvalue weighted by Gasteiger charge is 2.18. The summed E-state index contributed by atoms with van der Waals surface area (Å²) in [6, 6.07) is 11.8. The Labute approximate surface area is 178 Å². The minimum atomic E-state index is 0.535. The summed E-state index contributed by atoms with van der Waals surface area (Å²) in [5.74, 6) is 2.32. The molecular weight excluding hydrogens is 394 g/mol. The van der Waals surface area contributed by atoms with Gasteiger partial charge in [-0.05, 0) is 48.4 Å². The number of aryl methyl sites for hydroxylation is 1. The van der Waals surface area contributed by atoms with E-state index < -0.39 is 0 Å². The van der Waals surface area contributed by atoms with E-state index in [0.29, 0.717) is 23.0 Å². The Morgan fingerprint density at radius 2 is 1.68 bits per heavy atom. The monoisotopic (exact) mass is 415 g/mol. The number of fused-ring (bicyclic) bond motifs is 2. The number of aromatic nitrogens is 3. The van der Waals surface area contributed by atoms with Gasteiger partial charge in [-0.2, -0.15) is 5.10 Å². The van der Waals surface area contributed by atoms with Gasteiger partial charge < -0.3 is 18.6 Å². The third-order valence-electron chi connectivity index (χ3n) is 5.44. The van der Waals surface area contributed by atoms with Gasteiger partial charge in [0, 0.05) is 28.8 Å². The number of ether oxygens (including phenoxy) is 3. The first-order chi connectivity index (χ1) is 15.1. The van der Waals surface area contributed by atoms with E-state index in [2.05, 4.69) is 34.2 Å². The second kappa shape index (κ2) is 7.36. The maximum Gasteiger partial charge on any atom is 0.203 e. The molecular formula is C24H21N3O4. The highest BCUT2D eigenvalue weighted by atomic mass is 16.5. The molecule has 2 aromatic carbocycles. The van der Waals surface area contributed by atoms with Gasteiger partial charge in [0.1, 0.15) is 11.3 Å². The van der Waals surface area contributed by atoms with E-state index in [-0.39, 0.29) is 0 Å². The topological polar surface area (TPSA) is 82.4 Å². The highest BCUT2D eigenvalue weighted by molar-refractivity contribution is 5.96. The van der Waals surface area contributed by atoms with E-state index in [1.807, 2.05) is 30.5 Å². The van der Waals surface area contributed by atoms with Gasteiger partial charge in [-0.1, -0.05) is 0 Å². The Bertz CT molecular complexity index is 1390. The van der Waals surface area contributed by atoms with Crippen molar-refractivity contribution in [2.24, 2.45) is 0 Å². The van der Waals surface area contributed by atoms with Crippen LogP contribution in [0.15, 0.2) is 53.2 Å². The molecule has 0 saturated carbocycles. The van der Waals surface area contributed by atoms with E-state index in [1.54, 1.807) is 27.5 Å². The molecule has 0 saturated heterocycles. The molecule has 31 heavy (non-hydrogen) atoms. The average Bonchev–Trinajstić information content (AvgIpc) is 3.43. The van der Waals surface area contributed by atoms with Gasteiger partial charge in [-0.15, -0.1) is 0 Å². The highest BCUT2D eigenvalue weighted by Crippen LogP contribution is 2.43. The summed E-state index contributed by atoms with van der Waals surface area (Å²) in [4.78, 5) is 4.51. The van der Waals surface area contributed by atoms with Crippen molar-refractivity contribution in [2.45, 2.75) is 6.92 Å². The van der Waals surface area contributed by atoms with Crippen LogP contribution in [0.1, 0.15) is 5.56 Å².